The topological polar surface area (TPSA) is 68.2 Å². The summed E-state index contributed by atoms with van der Waals surface area (Å²) >= 11 is 0. The predicted molar refractivity (Wildman–Crippen MR) is 60.6 cm³/mol. The van der Waals surface area contributed by atoms with Gasteiger partial charge in [0.2, 0.25) is 5.89 Å². The Morgan fingerprint density at radius 1 is 1.50 bits per heavy atom. The lowest BCUT2D eigenvalue weighted by Crippen LogP contribution is -2.42. The molecule has 1 saturated carbocycles. The average Bonchev–Trinajstić information content (AvgIpc) is 2.81. The monoisotopic (exact) mass is 224 g/mol. The zero-order valence-electron chi connectivity index (χ0n) is 9.80. The van der Waals surface area contributed by atoms with Crippen LogP contribution in [0.1, 0.15) is 31.6 Å². The van der Waals surface area contributed by atoms with E-state index in [1.54, 1.807) is 0 Å². The van der Waals surface area contributed by atoms with Gasteiger partial charge in [-0.15, -0.1) is 0 Å². The van der Waals surface area contributed by atoms with Crippen molar-refractivity contribution in [1.29, 1.82) is 0 Å². The minimum absolute atomic E-state index is 0.561. The van der Waals surface area contributed by atoms with Gasteiger partial charge >= 0.3 is 0 Å². The van der Waals surface area contributed by atoms with Crippen LogP contribution in [0.4, 0.5) is 0 Å². The summed E-state index contributed by atoms with van der Waals surface area (Å²) in [7, 11) is 2.11. The maximum Gasteiger partial charge on any atom is 0.240 e. The second kappa shape index (κ2) is 5.41. The third-order valence-corrected chi connectivity index (χ3v) is 3.53. The number of nitrogens with zero attached hydrogens (tertiary/aromatic N) is 3. The summed E-state index contributed by atoms with van der Waals surface area (Å²) in [5.74, 6) is 1.30. The largest absolute Gasteiger partial charge is 0.338 e. The molecule has 1 aromatic rings. The molecule has 1 heterocycles. The second-order valence-corrected chi connectivity index (χ2v) is 4.60. The smallest absolute Gasteiger partial charge is 0.240 e. The molecule has 0 saturated heterocycles. The summed E-state index contributed by atoms with van der Waals surface area (Å²) in [5, 5.41) is 3.62. The molecule has 0 aromatic carbocycles. The molecule has 0 aliphatic heterocycles. The first-order chi connectivity index (χ1) is 7.81. The Kier molecular flexibility index (Phi) is 3.90. The van der Waals surface area contributed by atoms with Crippen molar-refractivity contribution in [3.8, 4) is 0 Å². The van der Waals surface area contributed by atoms with Gasteiger partial charge < -0.3 is 10.3 Å². The summed E-state index contributed by atoms with van der Waals surface area (Å²) < 4.78 is 5.03. The molecular weight excluding hydrogens is 204 g/mol. The second-order valence-electron chi connectivity index (χ2n) is 4.60. The molecule has 2 rings (SSSR count). The lowest BCUT2D eigenvalue weighted by atomic mass is 9.84. The highest BCUT2D eigenvalue weighted by molar-refractivity contribution is 4.85. The molecule has 90 valence electrons. The van der Waals surface area contributed by atoms with Crippen molar-refractivity contribution in [3.63, 3.8) is 0 Å². The molecule has 1 aliphatic carbocycles. The van der Waals surface area contributed by atoms with Crippen LogP contribution in [0.5, 0.6) is 0 Å². The first-order valence-corrected chi connectivity index (χ1v) is 5.97. The predicted octanol–water partition coefficient (Wildman–Crippen LogP) is 1.02. The van der Waals surface area contributed by atoms with Crippen LogP contribution in [0.2, 0.25) is 0 Å². The molecule has 16 heavy (non-hydrogen) atoms. The number of aromatic nitrogens is 2. The third kappa shape index (κ3) is 2.59. The Morgan fingerprint density at radius 2 is 2.31 bits per heavy atom. The number of nitrogens with two attached hydrogens (primary N) is 1. The Bertz CT molecular complexity index is 301. The van der Waals surface area contributed by atoms with E-state index in [-0.39, 0.29) is 0 Å². The van der Waals surface area contributed by atoms with Crippen LogP contribution in [0.3, 0.4) is 0 Å². The van der Waals surface area contributed by atoms with Gasteiger partial charge in [-0.05, 0) is 32.4 Å². The Morgan fingerprint density at radius 3 is 3.00 bits per heavy atom. The fraction of sp³-hybridized carbons (Fsp3) is 0.818. The van der Waals surface area contributed by atoms with E-state index in [9.17, 15) is 0 Å². The van der Waals surface area contributed by atoms with Crippen LogP contribution in [-0.4, -0.2) is 34.7 Å². The number of hydrogen-bond donors (Lipinski definition) is 1. The van der Waals surface area contributed by atoms with Gasteiger partial charge in [0.05, 0.1) is 6.54 Å². The number of rotatable bonds is 4. The standard InChI is InChI=1S/C11H20N4O/c1-15(7-11-13-8-14-16-11)10-5-3-2-4-9(10)6-12/h8-10H,2-7,12H2,1H3. The fourth-order valence-corrected chi connectivity index (χ4v) is 2.64. The summed E-state index contributed by atoms with van der Waals surface area (Å²) in [6.45, 7) is 1.50. The van der Waals surface area contributed by atoms with Gasteiger partial charge in [-0.1, -0.05) is 18.0 Å². The molecule has 0 bridgehead atoms. The first-order valence-electron chi connectivity index (χ1n) is 5.97. The van der Waals surface area contributed by atoms with E-state index in [4.69, 9.17) is 10.3 Å². The van der Waals surface area contributed by atoms with Gasteiger partial charge in [-0.3, -0.25) is 4.90 Å². The molecule has 2 unspecified atom stereocenters. The third-order valence-electron chi connectivity index (χ3n) is 3.53. The number of hydrogen-bond acceptors (Lipinski definition) is 5. The molecule has 5 nitrogen and oxygen atoms in total. The van der Waals surface area contributed by atoms with E-state index in [1.807, 2.05) is 0 Å². The summed E-state index contributed by atoms with van der Waals surface area (Å²) in [6.07, 6.45) is 6.54. The molecule has 1 fully saturated rings. The minimum Gasteiger partial charge on any atom is -0.338 e. The molecule has 1 aliphatic rings. The maximum atomic E-state index is 5.83. The van der Waals surface area contributed by atoms with Crippen molar-refractivity contribution < 1.29 is 4.52 Å². The molecule has 5 heteroatoms. The summed E-state index contributed by atoms with van der Waals surface area (Å²) in [5.41, 5.74) is 5.83. The van der Waals surface area contributed by atoms with Crippen LogP contribution in [0.15, 0.2) is 10.9 Å². The fourth-order valence-electron chi connectivity index (χ4n) is 2.64. The van der Waals surface area contributed by atoms with Gasteiger partial charge in [0.25, 0.3) is 0 Å². The first kappa shape index (κ1) is 11.5. The molecule has 2 N–H and O–H groups in total. The molecule has 1 aromatic heterocycles. The van der Waals surface area contributed by atoms with Gasteiger partial charge in [-0.2, -0.15) is 4.98 Å². The van der Waals surface area contributed by atoms with E-state index in [2.05, 4.69) is 22.1 Å². The van der Waals surface area contributed by atoms with E-state index in [0.29, 0.717) is 17.9 Å². The quantitative estimate of drug-likeness (QED) is 0.827. The highest BCUT2D eigenvalue weighted by atomic mass is 16.5. The van der Waals surface area contributed by atoms with Crippen LogP contribution in [0, 0.1) is 5.92 Å². The zero-order chi connectivity index (χ0) is 11.4. The zero-order valence-corrected chi connectivity index (χ0v) is 9.80. The van der Waals surface area contributed by atoms with Crippen molar-refractivity contribution in [2.75, 3.05) is 13.6 Å². The van der Waals surface area contributed by atoms with Crippen molar-refractivity contribution in [3.05, 3.63) is 12.2 Å². The van der Waals surface area contributed by atoms with Gasteiger partial charge in [0.15, 0.2) is 6.33 Å². The Balaban J connectivity index is 1.94. The Hall–Kier alpha value is -0.940. The lowest BCUT2D eigenvalue weighted by Gasteiger charge is -2.36. The minimum atomic E-state index is 0.561. The highest BCUT2D eigenvalue weighted by Crippen LogP contribution is 2.27. The summed E-state index contributed by atoms with van der Waals surface area (Å²) in [4.78, 5) is 6.35. The van der Waals surface area contributed by atoms with E-state index >= 15 is 0 Å². The summed E-state index contributed by atoms with van der Waals surface area (Å²) in [6, 6.07) is 0.561. The van der Waals surface area contributed by atoms with E-state index in [0.717, 1.165) is 13.1 Å². The van der Waals surface area contributed by atoms with Crippen LogP contribution >= 0.6 is 0 Å². The maximum absolute atomic E-state index is 5.83. The van der Waals surface area contributed by atoms with Gasteiger partial charge in [0.1, 0.15) is 0 Å². The van der Waals surface area contributed by atoms with Crippen LogP contribution < -0.4 is 5.73 Å². The Labute approximate surface area is 96.0 Å². The normalized spacial score (nSPS) is 26.2. The average molecular weight is 224 g/mol. The SMILES string of the molecule is CN(Cc1ncno1)C1CCCCC1CN. The molecule has 0 radical (unpaired) electrons. The van der Waals surface area contributed by atoms with Crippen molar-refractivity contribution in [2.24, 2.45) is 11.7 Å². The van der Waals surface area contributed by atoms with Crippen molar-refractivity contribution in [2.45, 2.75) is 38.3 Å². The lowest BCUT2D eigenvalue weighted by molar-refractivity contribution is 0.115. The van der Waals surface area contributed by atoms with E-state index in [1.165, 1.54) is 32.0 Å². The molecule has 0 spiro atoms. The molecule has 0 amide bonds. The van der Waals surface area contributed by atoms with Crippen molar-refractivity contribution in [1.82, 2.24) is 15.0 Å². The van der Waals surface area contributed by atoms with Crippen LogP contribution in [0.25, 0.3) is 0 Å². The molecular formula is C11H20N4O. The van der Waals surface area contributed by atoms with Crippen molar-refractivity contribution >= 4 is 0 Å². The van der Waals surface area contributed by atoms with E-state index < -0.39 is 0 Å². The van der Waals surface area contributed by atoms with Gasteiger partial charge in [0, 0.05) is 6.04 Å². The highest BCUT2D eigenvalue weighted by Gasteiger charge is 2.27. The van der Waals surface area contributed by atoms with Crippen LogP contribution in [-0.2, 0) is 6.54 Å². The molecule has 2 atom stereocenters. The van der Waals surface area contributed by atoms with Gasteiger partial charge in [-0.25, -0.2) is 0 Å².